The molecule has 1 aromatic heterocycles. The largest absolute Gasteiger partial charge is 0.493 e. The van der Waals surface area contributed by atoms with E-state index in [1.165, 1.54) is 44.9 Å². The van der Waals surface area contributed by atoms with Gasteiger partial charge in [0.2, 0.25) is 15.9 Å². The third kappa shape index (κ3) is 4.30. The van der Waals surface area contributed by atoms with Crippen molar-refractivity contribution in [1.29, 1.82) is 0 Å². The molecular weight excluding hydrogens is 400 g/mol. The predicted octanol–water partition coefficient (Wildman–Crippen LogP) is 1.02. The number of piperazine rings is 1. The zero-order chi connectivity index (χ0) is 21.0. The first-order valence-electron chi connectivity index (χ1n) is 8.87. The fraction of sp³-hybridized carbons (Fsp3) is 0.444. The first-order chi connectivity index (χ1) is 13.9. The predicted molar refractivity (Wildman–Crippen MR) is 106 cm³/mol. The van der Waals surface area contributed by atoms with Crippen molar-refractivity contribution in [3.63, 3.8) is 0 Å². The Balaban J connectivity index is 1.76. The minimum absolute atomic E-state index is 0.161. The maximum Gasteiger partial charge on any atom is 0.321 e. The van der Waals surface area contributed by atoms with Gasteiger partial charge in [0, 0.05) is 38.3 Å². The molecule has 0 N–H and O–H groups in total. The van der Waals surface area contributed by atoms with Crippen molar-refractivity contribution < 1.29 is 27.4 Å². The summed E-state index contributed by atoms with van der Waals surface area (Å²) in [5.74, 6) is 1.85. The van der Waals surface area contributed by atoms with Crippen LogP contribution in [0.4, 0.5) is 5.82 Å². The van der Waals surface area contributed by atoms with Gasteiger partial charge in [-0.1, -0.05) is 0 Å². The molecule has 29 heavy (non-hydrogen) atoms. The van der Waals surface area contributed by atoms with Crippen LogP contribution in [0.3, 0.4) is 0 Å². The molecule has 1 saturated heterocycles. The molecule has 1 fully saturated rings. The molecule has 0 saturated carbocycles. The van der Waals surface area contributed by atoms with Crippen LogP contribution in [0.15, 0.2) is 29.2 Å². The minimum Gasteiger partial charge on any atom is -0.493 e. The molecule has 0 aliphatic carbocycles. The molecule has 3 rings (SSSR count). The van der Waals surface area contributed by atoms with Gasteiger partial charge in [-0.05, 0) is 12.1 Å². The van der Waals surface area contributed by atoms with Gasteiger partial charge in [0.1, 0.15) is 5.82 Å². The Labute approximate surface area is 170 Å². The molecule has 1 aliphatic rings. The Hall–Kier alpha value is -2.79. The fourth-order valence-electron chi connectivity index (χ4n) is 3.03. The maximum atomic E-state index is 13.0. The molecule has 2 aromatic rings. The number of nitrogens with zero attached hydrogens (tertiary/aromatic N) is 4. The quantitative estimate of drug-likeness (QED) is 0.644. The number of rotatable bonds is 7. The lowest BCUT2D eigenvalue weighted by atomic mass is 10.3. The lowest BCUT2D eigenvalue weighted by molar-refractivity contribution is 0.348. The van der Waals surface area contributed by atoms with E-state index in [-0.39, 0.29) is 10.9 Å². The molecule has 0 radical (unpaired) electrons. The Morgan fingerprint density at radius 3 is 2.10 bits per heavy atom. The number of benzene rings is 1. The van der Waals surface area contributed by atoms with Crippen LogP contribution in [0.25, 0.3) is 0 Å². The lowest BCUT2D eigenvalue weighted by Gasteiger charge is -2.34. The van der Waals surface area contributed by atoms with Crippen LogP contribution in [-0.2, 0) is 10.0 Å². The molecule has 0 amide bonds. The van der Waals surface area contributed by atoms with E-state index in [1.807, 2.05) is 4.90 Å². The number of sulfonamides is 1. The molecule has 0 spiro atoms. The van der Waals surface area contributed by atoms with Crippen LogP contribution in [0.5, 0.6) is 23.4 Å². The van der Waals surface area contributed by atoms with Gasteiger partial charge >= 0.3 is 6.01 Å². The monoisotopic (exact) mass is 424 g/mol. The van der Waals surface area contributed by atoms with Gasteiger partial charge < -0.3 is 23.8 Å². The number of hydrogen-bond acceptors (Lipinski definition) is 9. The van der Waals surface area contributed by atoms with Crippen molar-refractivity contribution >= 4 is 15.8 Å². The molecule has 10 nitrogen and oxygen atoms in total. The molecule has 2 heterocycles. The maximum absolute atomic E-state index is 13.0. The second-order valence-electron chi connectivity index (χ2n) is 6.16. The fourth-order valence-corrected chi connectivity index (χ4v) is 4.47. The van der Waals surface area contributed by atoms with Gasteiger partial charge in [-0.3, -0.25) is 0 Å². The van der Waals surface area contributed by atoms with Crippen LogP contribution >= 0.6 is 0 Å². The van der Waals surface area contributed by atoms with Gasteiger partial charge in [0.05, 0.1) is 33.3 Å². The van der Waals surface area contributed by atoms with Crippen LogP contribution in [-0.4, -0.2) is 77.3 Å². The average molecular weight is 424 g/mol. The Bertz CT molecular complexity index is 939. The van der Waals surface area contributed by atoms with Crippen molar-refractivity contribution in [2.24, 2.45) is 0 Å². The highest BCUT2D eigenvalue weighted by Gasteiger charge is 2.30. The zero-order valence-electron chi connectivity index (χ0n) is 16.8. The van der Waals surface area contributed by atoms with Crippen molar-refractivity contribution in [3.8, 4) is 23.4 Å². The summed E-state index contributed by atoms with van der Waals surface area (Å²) in [4.78, 5) is 10.5. The summed E-state index contributed by atoms with van der Waals surface area (Å²) in [6.07, 6.45) is 0. The number of aromatic nitrogens is 2. The SMILES string of the molecule is COc1cc(N2CCN(S(=O)(=O)c3ccc(OC)c(OC)c3)CC2)nc(OC)n1. The second-order valence-corrected chi connectivity index (χ2v) is 8.10. The number of methoxy groups -OCH3 is 4. The highest BCUT2D eigenvalue weighted by atomic mass is 32.2. The summed E-state index contributed by atoms with van der Waals surface area (Å²) in [5.41, 5.74) is 0. The van der Waals surface area contributed by atoms with Crippen molar-refractivity contribution in [3.05, 3.63) is 24.3 Å². The van der Waals surface area contributed by atoms with E-state index >= 15 is 0 Å². The third-order valence-corrected chi connectivity index (χ3v) is 6.51. The molecule has 0 bridgehead atoms. The summed E-state index contributed by atoms with van der Waals surface area (Å²) in [5, 5.41) is 0. The normalized spacial score (nSPS) is 15.1. The molecule has 1 aliphatic heterocycles. The van der Waals surface area contributed by atoms with Crippen LogP contribution in [0.2, 0.25) is 0 Å². The smallest absolute Gasteiger partial charge is 0.321 e. The Morgan fingerprint density at radius 2 is 1.52 bits per heavy atom. The van der Waals surface area contributed by atoms with Gasteiger partial charge in [-0.15, -0.1) is 0 Å². The highest BCUT2D eigenvalue weighted by molar-refractivity contribution is 7.89. The molecule has 0 unspecified atom stereocenters. The molecular formula is C18H24N4O6S. The summed E-state index contributed by atoms with van der Waals surface area (Å²) in [6.45, 7) is 1.56. The van der Waals surface area contributed by atoms with Crippen molar-refractivity contribution in [2.45, 2.75) is 4.90 Å². The summed E-state index contributed by atoms with van der Waals surface area (Å²) >= 11 is 0. The third-order valence-electron chi connectivity index (χ3n) is 4.62. The van der Waals surface area contributed by atoms with E-state index < -0.39 is 10.0 Å². The van der Waals surface area contributed by atoms with Crippen molar-refractivity contribution in [1.82, 2.24) is 14.3 Å². The number of hydrogen-bond donors (Lipinski definition) is 0. The molecule has 158 valence electrons. The summed E-state index contributed by atoms with van der Waals surface area (Å²) < 4.78 is 48.2. The standard InChI is InChI=1S/C18H24N4O6S/c1-25-14-6-5-13(11-15(14)26-2)29(23,24)22-9-7-21(8-10-22)16-12-17(27-3)20-18(19-16)28-4/h5-6,11-12H,7-10H2,1-4H3. The van der Waals surface area contributed by atoms with E-state index in [9.17, 15) is 8.42 Å². The topological polar surface area (TPSA) is 103 Å². The Morgan fingerprint density at radius 1 is 0.828 bits per heavy atom. The lowest BCUT2D eigenvalue weighted by Crippen LogP contribution is -2.48. The molecule has 0 atom stereocenters. The number of anilines is 1. The highest BCUT2D eigenvalue weighted by Crippen LogP contribution is 2.31. The van der Waals surface area contributed by atoms with Gasteiger partial charge in [-0.25, -0.2) is 8.42 Å². The van der Waals surface area contributed by atoms with E-state index in [0.717, 1.165) is 0 Å². The van der Waals surface area contributed by atoms with Crippen LogP contribution < -0.4 is 23.8 Å². The van der Waals surface area contributed by atoms with E-state index in [4.69, 9.17) is 18.9 Å². The van der Waals surface area contributed by atoms with E-state index in [2.05, 4.69) is 9.97 Å². The summed E-state index contributed by atoms with van der Waals surface area (Å²) in [6, 6.07) is 6.46. The second kappa shape index (κ2) is 8.70. The summed E-state index contributed by atoms with van der Waals surface area (Å²) in [7, 11) is 2.30. The van der Waals surface area contributed by atoms with Gasteiger partial charge in [0.25, 0.3) is 0 Å². The zero-order valence-corrected chi connectivity index (χ0v) is 17.6. The molecule has 1 aromatic carbocycles. The van der Waals surface area contributed by atoms with Gasteiger partial charge in [-0.2, -0.15) is 14.3 Å². The first kappa shape index (κ1) is 20.9. The van der Waals surface area contributed by atoms with E-state index in [0.29, 0.717) is 49.4 Å². The van der Waals surface area contributed by atoms with Gasteiger partial charge in [0.15, 0.2) is 11.5 Å². The minimum atomic E-state index is -3.66. The first-order valence-corrected chi connectivity index (χ1v) is 10.3. The van der Waals surface area contributed by atoms with Crippen molar-refractivity contribution in [2.75, 3.05) is 59.5 Å². The number of ether oxygens (including phenoxy) is 4. The average Bonchev–Trinajstić information content (AvgIpc) is 2.78. The van der Waals surface area contributed by atoms with Crippen LogP contribution in [0.1, 0.15) is 0 Å². The molecule has 11 heteroatoms. The van der Waals surface area contributed by atoms with Crippen LogP contribution in [0, 0.1) is 0 Å². The Kier molecular flexibility index (Phi) is 6.28. The van der Waals surface area contributed by atoms with E-state index in [1.54, 1.807) is 12.1 Å².